The smallest absolute Gasteiger partial charge is 0.383 e. The lowest BCUT2D eigenvalue weighted by molar-refractivity contribution is -0.223. The number of alkyl halides is 3. The minimum absolute atomic E-state index is 0.292. The summed E-state index contributed by atoms with van der Waals surface area (Å²) in [5.41, 5.74) is 0.847. The Morgan fingerprint density at radius 3 is 2.50 bits per heavy atom. The zero-order valence-electron chi connectivity index (χ0n) is 12.9. The Hall–Kier alpha value is -1.93. The molecule has 1 unspecified atom stereocenters. The predicted octanol–water partition coefficient (Wildman–Crippen LogP) is 2.87. The molecule has 1 aliphatic rings. The van der Waals surface area contributed by atoms with Crippen LogP contribution in [0.5, 0.6) is 0 Å². The molecule has 8 heteroatoms. The average Bonchev–Trinajstić information content (AvgIpc) is 3.03. The summed E-state index contributed by atoms with van der Waals surface area (Å²) in [7, 11) is 0. The molecule has 0 amide bonds. The van der Waals surface area contributed by atoms with E-state index < -0.39 is 18.2 Å². The molecule has 1 aliphatic heterocycles. The SMILES string of the molecule is OC(C1CCN(Cc2nc(-c3ccccc3)no2)CC1)C(F)(F)F. The quantitative estimate of drug-likeness (QED) is 0.926. The van der Waals surface area contributed by atoms with E-state index in [2.05, 4.69) is 10.1 Å². The Labute approximate surface area is 137 Å². The minimum Gasteiger partial charge on any atom is -0.383 e. The molecule has 24 heavy (non-hydrogen) atoms. The number of likely N-dealkylation sites (tertiary alicyclic amines) is 1. The molecule has 1 atom stereocenters. The van der Waals surface area contributed by atoms with E-state index in [-0.39, 0.29) is 0 Å². The van der Waals surface area contributed by atoms with E-state index in [1.807, 2.05) is 35.2 Å². The Balaban J connectivity index is 1.55. The van der Waals surface area contributed by atoms with Gasteiger partial charge in [-0.2, -0.15) is 18.2 Å². The van der Waals surface area contributed by atoms with E-state index in [0.29, 0.717) is 44.2 Å². The molecule has 0 radical (unpaired) electrons. The van der Waals surface area contributed by atoms with Gasteiger partial charge >= 0.3 is 6.18 Å². The van der Waals surface area contributed by atoms with Crippen molar-refractivity contribution in [3.63, 3.8) is 0 Å². The molecule has 0 spiro atoms. The number of nitrogens with zero attached hydrogens (tertiary/aromatic N) is 3. The average molecular weight is 341 g/mol. The van der Waals surface area contributed by atoms with Crippen LogP contribution >= 0.6 is 0 Å². The van der Waals surface area contributed by atoms with Crippen LogP contribution in [0.15, 0.2) is 34.9 Å². The molecule has 1 saturated heterocycles. The van der Waals surface area contributed by atoms with Gasteiger partial charge < -0.3 is 9.63 Å². The molecular weight excluding hydrogens is 323 g/mol. The van der Waals surface area contributed by atoms with Crippen molar-refractivity contribution < 1.29 is 22.8 Å². The maximum atomic E-state index is 12.5. The fourth-order valence-electron chi connectivity index (χ4n) is 2.91. The number of rotatable bonds is 4. The van der Waals surface area contributed by atoms with E-state index >= 15 is 0 Å². The number of hydrogen-bond acceptors (Lipinski definition) is 5. The summed E-state index contributed by atoms with van der Waals surface area (Å²) in [4.78, 5) is 6.28. The van der Waals surface area contributed by atoms with E-state index in [1.54, 1.807) is 0 Å². The maximum Gasteiger partial charge on any atom is 0.414 e. The van der Waals surface area contributed by atoms with Crippen LogP contribution in [-0.4, -0.2) is 45.5 Å². The highest BCUT2D eigenvalue weighted by molar-refractivity contribution is 5.53. The lowest BCUT2D eigenvalue weighted by atomic mass is 9.91. The summed E-state index contributed by atoms with van der Waals surface area (Å²) >= 11 is 0. The largest absolute Gasteiger partial charge is 0.414 e. The van der Waals surface area contributed by atoms with Gasteiger partial charge in [0, 0.05) is 5.56 Å². The van der Waals surface area contributed by atoms with Crippen LogP contribution in [0.4, 0.5) is 13.2 Å². The van der Waals surface area contributed by atoms with Gasteiger partial charge in [-0.15, -0.1) is 0 Å². The van der Waals surface area contributed by atoms with Crippen molar-refractivity contribution in [3.05, 3.63) is 36.2 Å². The molecule has 3 rings (SSSR count). The van der Waals surface area contributed by atoms with Crippen LogP contribution in [-0.2, 0) is 6.54 Å². The molecule has 2 heterocycles. The first-order valence-corrected chi connectivity index (χ1v) is 7.78. The van der Waals surface area contributed by atoms with E-state index in [1.165, 1.54) is 0 Å². The first-order chi connectivity index (χ1) is 11.4. The third kappa shape index (κ3) is 3.93. The normalized spacial score (nSPS) is 18.7. The van der Waals surface area contributed by atoms with Crippen LogP contribution < -0.4 is 0 Å². The van der Waals surface area contributed by atoms with E-state index in [9.17, 15) is 18.3 Å². The minimum atomic E-state index is -4.55. The molecule has 1 aromatic heterocycles. The number of aromatic nitrogens is 2. The predicted molar refractivity (Wildman–Crippen MR) is 79.8 cm³/mol. The molecule has 0 saturated carbocycles. The van der Waals surface area contributed by atoms with Gasteiger partial charge in [-0.05, 0) is 31.8 Å². The lowest BCUT2D eigenvalue weighted by Crippen LogP contribution is -2.43. The molecule has 1 fully saturated rings. The fourth-order valence-corrected chi connectivity index (χ4v) is 2.91. The van der Waals surface area contributed by atoms with Crippen molar-refractivity contribution >= 4 is 0 Å². The van der Waals surface area contributed by atoms with Crippen molar-refractivity contribution in [2.45, 2.75) is 31.7 Å². The van der Waals surface area contributed by atoms with Crippen molar-refractivity contribution in [2.75, 3.05) is 13.1 Å². The van der Waals surface area contributed by atoms with Crippen molar-refractivity contribution in [1.82, 2.24) is 15.0 Å². The number of hydrogen-bond donors (Lipinski definition) is 1. The van der Waals surface area contributed by atoms with Crippen LogP contribution in [0.25, 0.3) is 11.4 Å². The molecule has 1 N–H and O–H groups in total. The van der Waals surface area contributed by atoms with Crippen molar-refractivity contribution in [3.8, 4) is 11.4 Å². The summed E-state index contributed by atoms with van der Waals surface area (Å²) in [5, 5.41) is 13.3. The van der Waals surface area contributed by atoms with E-state index in [0.717, 1.165) is 5.56 Å². The fraction of sp³-hybridized carbons (Fsp3) is 0.500. The van der Waals surface area contributed by atoms with E-state index in [4.69, 9.17) is 4.52 Å². The molecule has 1 aromatic carbocycles. The Kier molecular flexibility index (Phi) is 4.86. The second kappa shape index (κ2) is 6.90. The van der Waals surface area contributed by atoms with Gasteiger partial charge in [-0.3, -0.25) is 4.90 Å². The van der Waals surface area contributed by atoms with Gasteiger partial charge in [-0.25, -0.2) is 0 Å². The van der Waals surface area contributed by atoms with Crippen LogP contribution in [0.2, 0.25) is 0 Å². The second-order valence-electron chi connectivity index (χ2n) is 5.98. The number of benzene rings is 1. The number of halogens is 3. The molecule has 0 aliphatic carbocycles. The van der Waals surface area contributed by atoms with Crippen molar-refractivity contribution in [2.24, 2.45) is 5.92 Å². The standard InChI is InChI=1S/C16H18F3N3O2/c17-16(18,19)14(23)11-6-8-22(9-7-11)10-13-20-15(21-24-13)12-4-2-1-3-5-12/h1-5,11,14,23H,6-10H2. The lowest BCUT2D eigenvalue weighted by Gasteiger charge is -2.33. The molecule has 5 nitrogen and oxygen atoms in total. The van der Waals surface area contributed by atoms with Crippen LogP contribution in [0.3, 0.4) is 0 Å². The highest BCUT2D eigenvalue weighted by Gasteiger charge is 2.44. The molecule has 0 bridgehead atoms. The monoisotopic (exact) mass is 341 g/mol. The highest BCUT2D eigenvalue weighted by Crippen LogP contribution is 2.31. The second-order valence-corrected chi connectivity index (χ2v) is 5.98. The maximum absolute atomic E-state index is 12.5. The Morgan fingerprint density at radius 1 is 1.21 bits per heavy atom. The third-order valence-electron chi connectivity index (χ3n) is 4.27. The van der Waals surface area contributed by atoms with Gasteiger partial charge in [0.2, 0.25) is 11.7 Å². The zero-order valence-corrected chi connectivity index (χ0v) is 12.9. The molecule has 130 valence electrons. The van der Waals surface area contributed by atoms with Gasteiger partial charge in [-0.1, -0.05) is 35.5 Å². The molecule has 2 aromatic rings. The number of piperidine rings is 1. The van der Waals surface area contributed by atoms with Gasteiger partial charge in [0.1, 0.15) is 0 Å². The van der Waals surface area contributed by atoms with Gasteiger partial charge in [0.25, 0.3) is 0 Å². The summed E-state index contributed by atoms with van der Waals surface area (Å²) in [6.45, 7) is 1.32. The number of aliphatic hydroxyl groups is 1. The summed E-state index contributed by atoms with van der Waals surface area (Å²) in [6.07, 6.45) is -6.21. The first kappa shape index (κ1) is 16.9. The molecular formula is C16H18F3N3O2. The summed E-state index contributed by atoms with van der Waals surface area (Å²) in [5.74, 6) is 0.181. The Morgan fingerprint density at radius 2 is 1.88 bits per heavy atom. The van der Waals surface area contributed by atoms with Gasteiger partial charge in [0.05, 0.1) is 6.54 Å². The topological polar surface area (TPSA) is 62.4 Å². The van der Waals surface area contributed by atoms with Crippen LogP contribution in [0, 0.1) is 5.92 Å². The zero-order chi connectivity index (χ0) is 17.2. The number of aliphatic hydroxyl groups excluding tert-OH is 1. The van der Waals surface area contributed by atoms with Gasteiger partial charge in [0.15, 0.2) is 6.10 Å². The summed E-state index contributed by atoms with van der Waals surface area (Å²) < 4.78 is 42.9. The first-order valence-electron chi connectivity index (χ1n) is 7.78. The Bertz CT molecular complexity index is 652. The summed E-state index contributed by atoms with van der Waals surface area (Å²) in [6, 6.07) is 9.39. The van der Waals surface area contributed by atoms with Crippen molar-refractivity contribution in [1.29, 1.82) is 0 Å². The third-order valence-corrected chi connectivity index (χ3v) is 4.27. The highest BCUT2D eigenvalue weighted by atomic mass is 19.4. The van der Waals surface area contributed by atoms with Crippen LogP contribution in [0.1, 0.15) is 18.7 Å².